The molecule has 0 saturated heterocycles. The van der Waals surface area contributed by atoms with Crippen molar-refractivity contribution in [1.29, 1.82) is 0 Å². The maximum absolute atomic E-state index is 13.2. The monoisotopic (exact) mass is 470 g/mol. The van der Waals surface area contributed by atoms with Gasteiger partial charge < -0.3 is 5.32 Å². The fourth-order valence-corrected chi connectivity index (χ4v) is 4.78. The van der Waals surface area contributed by atoms with Crippen LogP contribution in [0.25, 0.3) is 5.69 Å². The highest BCUT2D eigenvalue weighted by molar-refractivity contribution is 7.89. The van der Waals surface area contributed by atoms with Gasteiger partial charge in [0.2, 0.25) is 15.9 Å². The minimum atomic E-state index is -3.92. The van der Waals surface area contributed by atoms with Gasteiger partial charge in [0, 0.05) is 7.05 Å². The molecule has 33 heavy (non-hydrogen) atoms. The lowest BCUT2D eigenvalue weighted by molar-refractivity contribution is -0.118. The third-order valence-corrected chi connectivity index (χ3v) is 6.94. The molecule has 0 spiro atoms. The Labute approximate surface area is 194 Å². The zero-order chi connectivity index (χ0) is 24.3. The van der Waals surface area contributed by atoms with Gasteiger partial charge in [0.1, 0.15) is 11.7 Å². The topological polar surface area (TPSA) is 102 Å². The number of aryl methyl sites for hydroxylation is 1. The van der Waals surface area contributed by atoms with Crippen molar-refractivity contribution in [3.63, 3.8) is 0 Å². The molecule has 3 aromatic rings. The van der Waals surface area contributed by atoms with E-state index >= 15 is 0 Å². The van der Waals surface area contributed by atoms with E-state index in [1.165, 1.54) is 16.8 Å². The van der Waals surface area contributed by atoms with Gasteiger partial charge >= 0.3 is 0 Å². The van der Waals surface area contributed by atoms with Crippen molar-refractivity contribution < 1.29 is 13.2 Å². The Bertz CT molecular complexity index is 1290. The van der Waals surface area contributed by atoms with Gasteiger partial charge in [0.05, 0.1) is 16.3 Å². The predicted octanol–water partition coefficient (Wildman–Crippen LogP) is 3.12. The number of rotatable bonds is 8. The number of nitrogens with one attached hydrogen (secondary N) is 2. The van der Waals surface area contributed by atoms with Gasteiger partial charge in [-0.1, -0.05) is 49.7 Å². The van der Waals surface area contributed by atoms with Gasteiger partial charge in [-0.2, -0.15) is 4.72 Å². The van der Waals surface area contributed by atoms with Gasteiger partial charge in [0.15, 0.2) is 0 Å². The zero-order valence-corrected chi connectivity index (χ0v) is 20.3. The molecule has 0 bridgehead atoms. The lowest BCUT2D eigenvalue weighted by Crippen LogP contribution is -2.45. The average Bonchev–Trinajstić information content (AvgIpc) is 2.96. The lowest BCUT2D eigenvalue weighted by Gasteiger charge is -2.20. The highest BCUT2D eigenvalue weighted by Crippen LogP contribution is 2.17. The second kappa shape index (κ2) is 9.76. The molecule has 0 aliphatic rings. The summed E-state index contributed by atoms with van der Waals surface area (Å²) in [6.45, 7) is 7.39. The Morgan fingerprint density at radius 3 is 2.18 bits per heavy atom. The van der Waals surface area contributed by atoms with Crippen LogP contribution in [0.4, 0.5) is 5.69 Å². The van der Waals surface area contributed by atoms with E-state index in [1.54, 1.807) is 42.9 Å². The molecule has 1 amide bonds. The molecule has 8 nitrogen and oxygen atoms in total. The van der Waals surface area contributed by atoms with Crippen molar-refractivity contribution in [3.05, 3.63) is 76.2 Å². The number of aromatic nitrogens is 2. The Morgan fingerprint density at radius 2 is 1.61 bits per heavy atom. The number of carbonyl (C=O) groups excluding carboxylic acids is 1. The van der Waals surface area contributed by atoms with Gasteiger partial charge in [-0.25, -0.2) is 13.1 Å². The van der Waals surface area contributed by atoms with Crippen LogP contribution in [0.1, 0.15) is 31.5 Å². The number of nitrogens with zero attached hydrogens (tertiary/aromatic N) is 2. The van der Waals surface area contributed by atoms with E-state index in [4.69, 9.17) is 0 Å². The fraction of sp³-hybridized carbons (Fsp3) is 0.333. The maximum atomic E-state index is 13.2. The van der Waals surface area contributed by atoms with Gasteiger partial charge in [-0.05, 0) is 50.5 Å². The number of hydrogen-bond donors (Lipinski definition) is 2. The third kappa shape index (κ3) is 5.43. The van der Waals surface area contributed by atoms with Crippen LogP contribution in [-0.4, -0.2) is 29.7 Å². The Morgan fingerprint density at radius 1 is 1.00 bits per heavy atom. The summed E-state index contributed by atoms with van der Waals surface area (Å²) in [7, 11) is -2.20. The Kier molecular flexibility index (Phi) is 7.24. The van der Waals surface area contributed by atoms with E-state index in [1.807, 2.05) is 39.0 Å². The predicted molar refractivity (Wildman–Crippen MR) is 129 cm³/mol. The molecule has 176 valence electrons. The number of para-hydroxylation sites is 1. The highest BCUT2D eigenvalue weighted by atomic mass is 32.2. The van der Waals surface area contributed by atoms with Crippen molar-refractivity contribution in [2.45, 2.75) is 45.1 Å². The number of anilines is 1. The molecule has 0 fully saturated rings. The van der Waals surface area contributed by atoms with Crippen molar-refractivity contribution in [2.75, 3.05) is 5.32 Å². The fourth-order valence-electron chi connectivity index (χ4n) is 3.58. The van der Waals surface area contributed by atoms with E-state index in [0.29, 0.717) is 11.4 Å². The lowest BCUT2D eigenvalue weighted by atomic mass is 10.0. The van der Waals surface area contributed by atoms with Crippen LogP contribution in [0.3, 0.4) is 0 Å². The maximum Gasteiger partial charge on any atom is 0.295 e. The summed E-state index contributed by atoms with van der Waals surface area (Å²) < 4.78 is 31.4. The molecule has 3 rings (SSSR count). The van der Waals surface area contributed by atoms with Crippen LogP contribution in [0.2, 0.25) is 0 Å². The van der Waals surface area contributed by atoms with Crippen LogP contribution in [0.5, 0.6) is 0 Å². The molecule has 1 heterocycles. The molecule has 2 aromatic carbocycles. The third-order valence-electron chi connectivity index (χ3n) is 5.45. The first-order valence-corrected chi connectivity index (χ1v) is 12.2. The Hall–Kier alpha value is -3.17. The number of carbonyl (C=O) groups is 1. The Balaban J connectivity index is 1.91. The largest absolute Gasteiger partial charge is 0.319 e. The number of benzene rings is 2. The molecule has 1 atom stereocenters. The molecule has 0 saturated carbocycles. The number of sulfonamides is 1. The van der Waals surface area contributed by atoms with Gasteiger partial charge in [0.25, 0.3) is 5.56 Å². The van der Waals surface area contributed by atoms with Crippen molar-refractivity contribution in [3.8, 4) is 5.69 Å². The molecule has 0 radical (unpaired) electrons. The van der Waals surface area contributed by atoms with E-state index in [-0.39, 0.29) is 28.5 Å². The summed E-state index contributed by atoms with van der Waals surface area (Å²) in [4.78, 5) is 26.4. The first kappa shape index (κ1) is 24.5. The average molecular weight is 471 g/mol. The van der Waals surface area contributed by atoms with Crippen LogP contribution in [0.15, 0.2) is 64.3 Å². The van der Waals surface area contributed by atoms with Crippen LogP contribution in [-0.2, 0) is 21.9 Å². The second-order valence-electron chi connectivity index (χ2n) is 8.54. The zero-order valence-electron chi connectivity index (χ0n) is 19.5. The van der Waals surface area contributed by atoms with E-state index < -0.39 is 22.0 Å². The van der Waals surface area contributed by atoms with Gasteiger partial charge in [-0.3, -0.25) is 14.3 Å². The van der Waals surface area contributed by atoms with Crippen LogP contribution < -0.4 is 15.6 Å². The summed E-state index contributed by atoms with van der Waals surface area (Å²) in [5.74, 6) is -0.537. The quantitative estimate of drug-likeness (QED) is 0.528. The SMILES string of the molecule is Cc1ccc(S(=O)(=O)NC(CC(C)C)C(=O)Nc2c(C)n(C)n(-c3ccccc3)c2=O)cc1. The highest BCUT2D eigenvalue weighted by Gasteiger charge is 2.28. The van der Waals surface area contributed by atoms with Crippen molar-refractivity contribution in [2.24, 2.45) is 13.0 Å². The van der Waals surface area contributed by atoms with Crippen LogP contribution >= 0.6 is 0 Å². The molecular formula is C24H30N4O4S. The smallest absolute Gasteiger partial charge is 0.295 e. The first-order chi connectivity index (χ1) is 15.5. The summed E-state index contributed by atoms with van der Waals surface area (Å²) in [6.07, 6.45) is 0.273. The number of hydrogen-bond acceptors (Lipinski definition) is 4. The second-order valence-corrected chi connectivity index (χ2v) is 10.3. The summed E-state index contributed by atoms with van der Waals surface area (Å²) in [5, 5.41) is 2.68. The van der Waals surface area contributed by atoms with Crippen molar-refractivity contribution >= 4 is 21.6 Å². The summed E-state index contributed by atoms with van der Waals surface area (Å²) in [5.41, 5.74) is 1.88. The molecule has 1 aromatic heterocycles. The summed E-state index contributed by atoms with van der Waals surface area (Å²) >= 11 is 0. The first-order valence-electron chi connectivity index (χ1n) is 10.7. The molecule has 0 aliphatic heterocycles. The molecule has 2 N–H and O–H groups in total. The minimum Gasteiger partial charge on any atom is -0.319 e. The standard InChI is InChI=1S/C24H30N4O4S/c1-16(2)15-21(26-33(31,32)20-13-11-17(3)12-14-20)23(29)25-22-18(4)27(5)28(24(22)30)19-9-7-6-8-10-19/h6-14,16,21,26H,15H2,1-5H3,(H,25,29). The number of amides is 1. The minimum absolute atomic E-state index is 0.0410. The van der Waals surface area contributed by atoms with Crippen molar-refractivity contribution in [1.82, 2.24) is 14.1 Å². The van der Waals surface area contributed by atoms with Gasteiger partial charge in [-0.15, -0.1) is 0 Å². The van der Waals surface area contributed by atoms with E-state index in [9.17, 15) is 18.0 Å². The molecule has 1 unspecified atom stereocenters. The van der Waals surface area contributed by atoms with E-state index in [0.717, 1.165) is 5.56 Å². The summed E-state index contributed by atoms with van der Waals surface area (Å²) in [6, 6.07) is 14.4. The molecular weight excluding hydrogens is 440 g/mol. The van der Waals surface area contributed by atoms with E-state index in [2.05, 4.69) is 10.0 Å². The normalized spacial score (nSPS) is 12.7. The molecule has 0 aliphatic carbocycles. The van der Waals surface area contributed by atoms with Crippen LogP contribution in [0, 0.1) is 19.8 Å². The molecule has 9 heteroatoms.